The van der Waals surface area contributed by atoms with Gasteiger partial charge in [0.1, 0.15) is 5.75 Å². The fraction of sp³-hybridized carbons (Fsp3) is 0.382. The van der Waals surface area contributed by atoms with Crippen molar-refractivity contribution in [1.82, 2.24) is 4.90 Å². The van der Waals surface area contributed by atoms with Crippen molar-refractivity contribution >= 4 is 21.7 Å². The molecule has 0 saturated carbocycles. The zero-order valence-corrected chi connectivity index (χ0v) is 28.7. The molecule has 3 aromatic rings. The van der Waals surface area contributed by atoms with Crippen LogP contribution in [0, 0.1) is 0 Å². The number of hydrogen-bond donors (Lipinski definition) is 3. The van der Waals surface area contributed by atoms with Crippen LogP contribution >= 0.6 is 0 Å². The summed E-state index contributed by atoms with van der Waals surface area (Å²) < 4.78 is 66.5. The predicted octanol–water partition coefficient (Wildman–Crippen LogP) is 3.04. The lowest BCUT2D eigenvalue weighted by Gasteiger charge is -2.26. The first-order valence-electron chi connectivity index (χ1n) is 15.2. The summed E-state index contributed by atoms with van der Waals surface area (Å²) in [5.74, 6) is -0.190. The molecule has 5 rings (SSSR count). The third-order valence-corrected chi connectivity index (χ3v) is 8.24. The van der Waals surface area contributed by atoms with Crippen LogP contribution < -0.4 is 28.4 Å². The van der Waals surface area contributed by atoms with E-state index in [2.05, 4.69) is 4.90 Å². The quantitative estimate of drug-likeness (QED) is 0.127. The standard InChI is InChI=1S/C32H35NO9.C2H6O4S/c1-33(2)13-6-14-39-28-17-20(16-27(37-4)30(28)38-5)15-24-29(21-7-12-25-26(18-21)41-19-40-25)31(34)42-32(24,35)22-8-10-23(36-3)11-9-22;3-1-2-7(4,5)6/h7-12,16-18,35H,6,13-15,19H2,1-5H3;3H,1-2H2,(H,4,5,6). The van der Waals surface area contributed by atoms with Gasteiger partial charge in [0.2, 0.25) is 12.5 Å². The highest BCUT2D eigenvalue weighted by Gasteiger charge is 2.48. The van der Waals surface area contributed by atoms with Crippen LogP contribution in [-0.2, 0) is 31.9 Å². The van der Waals surface area contributed by atoms with Gasteiger partial charge in [-0.1, -0.05) is 6.07 Å². The highest BCUT2D eigenvalue weighted by molar-refractivity contribution is 7.85. The van der Waals surface area contributed by atoms with Gasteiger partial charge < -0.3 is 48.3 Å². The van der Waals surface area contributed by atoms with Gasteiger partial charge in [0.05, 0.1) is 45.9 Å². The van der Waals surface area contributed by atoms with Gasteiger partial charge in [-0.3, -0.25) is 4.55 Å². The molecule has 3 aromatic carbocycles. The van der Waals surface area contributed by atoms with Crippen molar-refractivity contribution in [3.05, 3.63) is 76.9 Å². The van der Waals surface area contributed by atoms with Crippen molar-refractivity contribution in [2.45, 2.75) is 18.6 Å². The van der Waals surface area contributed by atoms with Crippen LogP contribution in [0.1, 0.15) is 23.1 Å². The predicted molar refractivity (Wildman–Crippen MR) is 178 cm³/mol. The summed E-state index contributed by atoms with van der Waals surface area (Å²) in [6.07, 6.45) is 0.939. The summed E-state index contributed by atoms with van der Waals surface area (Å²) in [6, 6.07) is 15.6. The summed E-state index contributed by atoms with van der Waals surface area (Å²) in [5, 5.41) is 19.9. The molecule has 1 atom stereocenters. The molecule has 2 aliphatic heterocycles. The minimum atomic E-state index is -3.92. The monoisotopic (exact) mass is 703 g/mol. The number of hydrogen-bond acceptors (Lipinski definition) is 13. The van der Waals surface area contributed by atoms with E-state index in [4.69, 9.17) is 42.8 Å². The van der Waals surface area contributed by atoms with Crippen molar-refractivity contribution in [1.29, 1.82) is 0 Å². The van der Waals surface area contributed by atoms with Gasteiger partial charge in [-0.25, -0.2) is 4.79 Å². The number of cyclic esters (lactones) is 1. The Balaban J connectivity index is 0.000000698. The number of aliphatic hydroxyl groups excluding tert-OH is 1. The minimum Gasteiger partial charge on any atom is -0.497 e. The Hall–Kier alpha value is -4.54. The van der Waals surface area contributed by atoms with E-state index in [0.29, 0.717) is 63.4 Å². The summed E-state index contributed by atoms with van der Waals surface area (Å²) >= 11 is 0. The highest BCUT2D eigenvalue weighted by Crippen LogP contribution is 2.48. The second kappa shape index (κ2) is 16.2. The van der Waals surface area contributed by atoms with Crippen LogP contribution in [0.2, 0.25) is 0 Å². The maximum absolute atomic E-state index is 13.5. The maximum atomic E-state index is 13.5. The Morgan fingerprint density at radius 3 is 2.20 bits per heavy atom. The number of benzene rings is 3. The molecular formula is C34H41NO13S. The molecule has 1 unspecified atom stereocenters. The van der Waals surface area contributed by atoms with E-state index in [1.807, 2.05) is 20.2 Å². The van der Waals surface area contributed by atoms with Gasteiger partial charge in [0.15, 0.2) is 23.0 Å². The molecule has 0 fully saturated rings. The highest BCUT2D eigenvalue weighted by atomic mass is 32.2. The van der Waals surface area contributed by atoms with Crippen LogP contribution in [0.15, 0.2) is 60.2 Å². The molecular weight excluding hydrogens is 662 g/mol. The van der Waals surface area contributed by atoms with Crippen LogP contribution in [0.5, 0.6) is 34.5 Å². The first-order chi connectivity index (χ1) is 23.3. The minimum absolute atomic E-state index is 0.0912. The van der Waals surface area contributed by atoms with E-state index < -0.39 is 34.2 Å². The van der Waals surface area contributed by atoms with Crippen molar-refractivity contribution in [2.75, 3.05) is 67.7 Å². The third kappa shape index (κ3) is 9.13. The number of aliphatic hydroxyl groups is 2. The lowest BCUT2D eigenvalue weighted by atomic mass is 9.88. The molecule has 0 spiro atoms. The van der Waals surface area contributed by atoms with Gasteiger partial charge in [0.25, 0.3) is 15.9 Å². The Kier molecular flexibility index (Phi) is 12.4. The topological polar surface area (TPSA) is 180 Å². The molecule has 2 aliphatic rings. The van der Waals surface area contributed by atoms with Crippen LogP contribution in [0.4, 0.5) is 0 Å². The van der Waals surface area contributed by atoms with Crippen LogP contribution in [-0.4, -0.2) is 102 Å². The SMILES string of the molecule is COc1ccc(C2(O)OC(=O)C(c3ccc4c(c3)OCO4)=C2Cc2cc(OC)c(OC)c(OCCCN(C)C)c2)cc1.O=S(=O)(O)CCO. The number of ether oxygens (including phenoxy) is 7. The molecule has 2 heterocycles. The normalized spacial score (nSPS) is 16.6. The molecule has 0 radical (unpaired) electrons. The number of nitrogens with zero attached hydrogens (tertiary/aromatic N) is 1. The van der Waals surface area contributed by atoms with Crippen molar-refractivity contribution in [2.24, 2.45) is 0 Å². The zero-order valence-electron chi connectivity index (χ0n) is 27.9. The Bertz CT molecular complexity index is 1760. The van der Waals surface area contributed by atoms with Gasteiger partial charge in [-0.05, 0) is 80.2 Å². The van der Waals surface area contributed by atoms with Crippen molar-refractivity contribution < 1.29 is 61.1 Å². The molecule has 0 aromatic heterocycles. The van der Waals surface area contributed by atoms with E-state index in [9.17, 15) is 18.3 Å². The number of carbonyl (C=O) groups is 1. The average molecular weight is 704 g/mol. The summed E-state index contributed by atoms with van der Waals surface area (Å²) in [5.41, 5.74) is 2.21. The van der Waals surface area contributed by atoms with E-state index in [0.717, 1.165) is 13.0 Å². The van der Waals surface area contributed by atoms with E-state index in [-0.39, 0.29) is 18.8 Å². The fourth-order valence-corrected chi connectivity index (χ4v) is 5.45. The third-order valence-electron chi connectivity index (χ3n) is 7.54. The zero-order chi connectivity index (χ0) is 35.8. The molecule has 0 aliphatic carbocycles. The second-order valence-corrected chi connectivity index (χ2v) is 12.8. The van der Waals surface area contributed by atoms with Crippen LogP contribution in [0.3, 0.4) is 0 Å². The molecule has 0 amide bonds. The van der Waals surface area contributed by atoms with Gasteiger partial charge in [-0.2, -0.15) is 8.42 Å². The molecule has 0 saturated heterocycles. The van der Waals surface area contributed by atoms with Crippen molar-refractivity contribution in [3.63, 3.8) is 0 Å². The molecule has 14 nitrogen and oxygen atoms in total. The van der Waals surface area contributed by atoms with E-state index >= 15 is 0 Å². The van der Waals surface area contributed by atoms with Gasteiger partial charge in [-0.15, -0.1) is 0 Å². The van der Waals surface area contributed by atoms with Crippen molar-refractivity contribution in [3.8, 4) is 34.5 Å². The summed E-state index contributed by atoms with van der Waals surface area (Å²) in [4.78, 5) is 15.6. The lowest BCUT2D eigenvalue weighted by Crippen LogP contribution is -2.29. The Morgan fingerprint density at radius 2 is 1.61 bits per heavy atom. The number of esters is 1. The fourth-order valence-electron chi connectivity index (χ4n) is 5.22. The summed E-state index contributed by atoms with van der Waals surface area (Å²) in [6.45, 7) is 0.885. The molecule has 3 N–H and O–H groups in total. The molecule has 49 heavy (non-hydrogen) atoms. The molecule has 0 bridgehead atoms. The number of fused-ring (bicyclic) bond motifs is 1. The largest absolute Gasteiger partial charge is 0.497 e. The lowest BCUT2D eigenvalue weighted by molar-refractivity contribution is -0.185. The molecule has 266 valence electrons. The Labute approximate surface area is 285 Å². The van der Waals surface area contributed by atoms with Gasteiger partial charge in [0, 0.05) is 24.1 Å². The average Bonchev–Trinajstić information content (AvgIpc) is 3.63. The Morgan fingerprint density at radius 1 is 0.918 bits per heavy atom. The maximum Gasteiger partial charge on any atom is 0.342 e. The second-order valence-electron chi connectivity index (χ2n) is 11.2. The van der Waals surface area contributed by atoms with E-state index in [1.54, 1.807) is 69.9 Å². The van der Waals surface area contributed by atoms with Gasteiger partial charge >= 0.3 is 5.97 Å². The first kappa shape index (κ1) is 37.3. The smallest absolute Gasteiger partial charge is 0.342 e. The summed E-state index contributed by atoms with van der Waals surface area (Å²) in [7, 11) is 4.74. The van der Waals surface area contributed by atoms with E-state index in [1.165, 1.54) is 0 Å². The number of rotatable bonds is 14. The number of carbonyl (C=O) groups excluding carboxylic acids is 1. The molecule has 15 heteroatoms. The van der Waals surface area contributed by atoms with Crippen LogP contribution in [0.25, 0.3) is 5.57 Å². The first-order valence-corrected chi connectivity index (χ1v) is 16.8. The number of methoxy groups -OCH3 is 3.